The van der Waals surface area contributed by atoms with Gasteiger partial charge in [0.25, 0.3) is 0 Å². The number of carbonyl (C=O) groups is 1. The third kappa shape index (κ3) is 12.1. The Morgan fingerprint density at radius 3 is 1.56 bits per heavy atom. The quantitative estimate of drug-likeness (QED) is 0.373. The Hall–Kier alpha value is -0.330. The average molecular weight is 254 g/mol. The first kappa shape index (κ1) is 17.7. The summed E-state index contributed by atoms with van der Waals surface area (Å²) in [5, 5.41) is 0. The standard InChI is InChI=1S/C17H34O/c1-4-5-6-7-8-9-10-11-12-13-14-15-16(2)17(3)18/h16H,4-15H2,1-3H3. The van der Waals surface area contributed by atoms with Crippen LogP contribution in [0.25, 0.3) is 0 Å². The van der Waals surface area contributed by atoms with Crippen LogP contribution in [-0.2, 0) is 4.79 Å². The molecular weight excluding hydrogens is 220 g/mol. The maximum Gasteiger partial charge on any atom is 0.132 e. The number of hydrogen-bond donors (Lipinski definition) is 0. The SMILES string of the molecule is CCCCCCCCCCCCCC(C)C(C)=O. The van der Waals surface area contributed by atoms with Gasteiger partial charge in [0.05, 0.1) is 0 Å². The van der Waals surface area contributed by atoms with E-state index in [-0.39, 0.29) is 5.92 Å². The van der Waals surface area contributed by atoms with Gasteiger partial charge >= 0.3 is 0 Å². The van der Waals surface area contributed by atoms with Crippen LogP contribution in [0.2, 0.25) is 0 Å². The lowest BCUT2D eigenvalue weighted by atomic mass is 9.98. The topological polar surface area (TPSA) is 17.1 Å². The highest BCUT2D eigenvalue weighted by Gasteiger charge is 2.05. The summed E-state index contributed by atoms with van der Waals surface area (Å²) in [7, 11) is 0. The second kappa shape index (κ2) is 13.1. The van der Waals surface area contributed by atoms with Gasteiger partial charge in [0.15, 0.2) is 0 Å². The monoisotopic (exact) mass is 254 g/mol. The zero-order chi connectivity index (χ0) is 13.6. The minimum atomic E-state index is 0.281. The van der Waals surface area contributed by atoms with E-state index in [0.717, 1.165) is 6.42 Å². The van der Waals surface area contributed by atoms with E-state index in [9.17, 15) is 4.79 Å². The molecule has 0 fully saturated rings. The predicted octanol–water partition coefficient (Wildman–Crippen LogP) is 5.91. The van der Waals surface area contributed by atoms with E-state index < -0.39 is 0 Å². The number of ketones is 1. The zero-order valence-corrected chi connectivity index (χ0v) is 13.0. The van der Waals surface area contributed by atoms with Gasteiger partial charge < -0.3 is 0 Å². The fourth-order valence-electron chi connectivity index (χ4n) is 2.32. The normalized spacial score (nSPS) is 12.6. The van der Waals surface area contributed by atoms with Crippen LogP contribution in [-0.4, -0.2) is 5.78 Å². The van der Waals surface area contributed by atoms with Crippen molar-refractivity contribution in [1.29, 1.82) is 0 Å². The van der Waals surface area contributed by atoms with Crippen LogP contribution in [0, 0.1) is 5.92 Å². The molecule has 18 heavy (non-hydrogen) atoms. The summed E-state index contributed by atoms with van der Waals surface area (Å²) in [6.45, 7) is 6.04. The molecule has 0 bridgehead atoms. The first-order valence-corrected chi connectivity index (χ1v) is 8.19. The Morgan fingerprint density at radius 1 is 0.778 bits per heavy atom. The number of Topliss-reactive ketones (excluding diaryl/α,β-unsaturated/α-hetero) is 1. The van der Waals surface area contributed by atoms with Gasteiger partial charge in [-0.05, 0) is 13.3 Å². The van der Waals surface area contributed by atoms with Crippen molar-refractivity contribution >= 4 is 5.78 Å². The van der Waals surface area contributed by atoms with Crippen LogP contribution in [0.4, 0.5) is 0 Å². The molecule has 0 rings (SSSR count). The van der Waals surface area contributed by atoms with Gasteiger partial charge in [-0.25, -0.2) is 0 Å². The van der Waals surface area contributed by atoms with Crippen molar-refractivity contribution in [3.8, 4) is 0 Å². The van der Waals surface area contributed by atoms with Crippen LogP contribution in [0.1, 0.15) is 97.8 Å². The molecule has 0 spiro atoms. The molecule has 1 unspecified atom stereocenters. The molecule has 0 aromatic carbocycles. The first-order chi connectivity index (χ1) is 8.68. The highest BCUT2D eigenvalue weighted by molar-refractivity contribution is 5.77. The van der Waals surface area contributed by atoms with Crippen molar-refractivity contribution in [2.75, 3.05) is 0 Å². The van der Waals surface area contributed by atoms with E-state index in [2.05, 4.69) is 13.8 Å². The summed E-state index contributed by atoms with van der Waals surface area (Å²) in [5.41, 5.74) is 0. The van der Waals surface area contributed by atoms with Gasteiger partial charge in [0, 0.05) is 5.92 Å². The smallest absolute Gasteiger partial charge is 0.132 e. The molecule has 0 saturated heterocycles. The Labute approximate surface area is 115 Å². The Balaban J connectivity index is 3.05. The van der Waals surface area contributed by atoms with Crippen LogP contribution < -0.4 is 0 Å². The van der Waals surface area contributed by atoms with E-state index >= 15 is 0 Å². The van der Waals surface area contributed by atoms with E-state index in [0.29, 0.717) is 5.78 Å². The average Bonchev–Trinajstić information content (AvgIpc) is 2.35. The number of hydrogen-bond acceptors (Lipinski definition) is 1. The summed E-state index contributed by atoms with van der Waals surface area (Å²) in [4.78, 5) is 11.1. The summed E-state index contributed by atoms with van der Waals surface area (Å²) in [6, 6.07) is 0. The van der Waals surface area contributed by atoms with Crippen molar-refractivity contribution in [2.24, 2.45) is 5.92 Å². The van der Waals surface area contributed by atoms with Gasteiger partial charge in [0.1, 0.15) is 5.78 Å². The van der Waals surface area contributed by atoms with E-state index in [1.165, 1.54) is 70.6 Å². The molecule has 1 atom stereocenters. The molecule has 1 nitrogen and oxygen atoms in total. The molecule has 108 valence electrons. The summed E-state index contributed by atoms with van der Waals surface area (Å²) in [5.74, 6) is 0.630. The summed E-state index contributed by atoms with van der Waals surface area (Å²) in [6.07, 6.45) is 16.3. The maximum atomic E-state index is 11.1. The van der Waals surface area contributed by atoms with Crippen molar-refractivity contribution in [3.05, 3.63) is 0 Å². The molecule has 0 saturated carbocycles. The first-order valence-electron chi connectivity index (χ1n) is 8.19. The second-order valence-corrected chi connectivity index (χ2v) is 5.84. The van der Waals surface area contributed by atoms with Gasteiger partial charge in [-0.2, -0.15) is 0 Å². The third-order valence-electron chi connectivity index (χ3n) is 3.93. The molecule has 0 aliphatic heterocycles. The highest BCUT2D eigenvalue weighted by atomic mass is 16.1. The molecule has 0 aliphatic rings. The van der Waals surface area contributed by atoms with Crippen LogP contribution in [0.15, 0.2) is 0 Å². The molecule has 0 aromatic heterocycles. The van der Waals surface area contributed by atoms with E-state index in [4.69, 9.17) is 0 Å². The lowest BCUT2D eigenvalue weighted by Crippen LogP contribution is -2.05. The molecule has 0 heterocycles. The predicted molar refractivity (Wildman–Crippen MR) is 80.9 cm³/mol. The Bertz CT molecular complexity index is 186. The minimum Gasteiger partial charge on any atom is -0.300 e. The van der Waals surface area contributed by atoms with E-state index in [1.54, 1.807) is 6.92 Å². The van der Waals surface area contributed by atoms with Gasteiger partial charge in [-0.1, -0.05) is 84.5 Å². The van der Waals surface area contributed by atoms with Crippen molar-refractivity contribution < 1.29 is 4.79 Å². The molecule has 1 heteroatoms. The molecule has 0 aromatic rings. The molecular formula is C17H34O. The lowest BCUT2D eigenvalue weighted by molar-refractivity contribution is -0.120. The van der Waals surface area contributed by atoms with Crippen LogP contribution >= 0.6 is 0 Å². The molecule has 0 radical (unpaired) electrons. The molecule has 0 amide bonds. The van der Waals surface area contributed by atoms with Crippen molar-refractivity contribution in [2.45, 2.75) is 97.8 Å². The lowest BCUT2D eigenvalue weighted by Gasteiger charge is -2.06. The molecule has 0 N–H and O–H groups in total. The van der Waals surface area contributed by atoms with Crippen LogP contribution in [0.5, 0.6) is 0 Å². The van der Waals surface area contributed by atoms with Gasteiger partial charge in [0.2, 0.25) is 0 Å². The fourth-order valence-corrected chi connectivity index (χ4v) is 2.32. The van der Waals surface area contributed by atoms with Gasteiger partial charge in [-0.15, -0.1) is 0 Å². The third-order valence-corrected chi connectivity index (χ3v) is 3.93. The summed E-state index contributed by atoms with van der Waals surface area (Å²) < 4.78 is 0. The molecule has 0 aliphatic carbocycles. The Kier molecular flexibility index (Phi) is 12.9. The maximum absolute atomic E-state index is 11.1. The van der Waals surface area contributed by atoms with Crippen molar-refractivity contribution in [3.63, 3.8) is 0 Å². The zero-order valence-electron chi connectivity index (χ0n) is 13.0. The fraction of sp³-hybridized carbons (Fsp3) is 0.941. The number of rotatable bonds is 13. The number of carbonyl (C=O) groups excluding carboxylic acids is 1. The van der Waals surface area contributed by atoms with E-state index in [1.807, 2.05) is 0 Å². The van der Waals surface area contributed by atoms with Crippen molar-refractivity contribution in [1.82, 2.24) is 0 Å². The minimum absolute atomic E-state index is 0.281. The number of unbranched alkanes of at least 4 members (excludes halogenated alkanes) is 10. The summed E-state index contributed by atoms with van der Waals surface area (Å²) >= 11 is 0. The Morgan fingerprint density at radius 2 is 1.17 bits per heavy atom. The largest absolute Gasteiger partial charge is 0.300 e. The van der Waals surface area contributed by atoms with Crippen LogP contribution in [0.3, 0.4) is 0 Å². The second-order valence-electron chi connectivity index (χ2n) is 5.84. The van der Waals surface area contributed by atoms with Gasteiger partial charge in [-0.3, -0.25) is 4.79 Å². The highest BCUT2D eigenvalue weighted by Crippen LogP contribution is 2.14.